The molecule has 0 saturated heterocycles. The number of nitrogens with zero attached hydrogens (tertiary/aromatic N) is 1. The topological polar surface area (TPSA) is 80.0 Å². The molecule has 0 aliphatic carbocycles. The van der Waals surface area contributed by atoms with Crippen LogP contribution in [0.25, 0.3) is 0 Å². The minimum Gasteiger partial charge on any atom is -0.396 e. The van der Waals surface area contributed by atoms with Gasteiger partial charge in [-0.1, -0.05) is 6.07 Å². The Morgan fingerprint density at radius 2 is 2.20 bits per heavy atom. The molecule has 5 nitrogen and oxygen atoms in total. The molecule has 0 radical (unpaired) electrons. The molecule has 0 spiro atoms. The number of hydrogen-bond acceptors (Lipinski definition) is 5. The second-order valence-corrected chi connectivity index (χ2v) is 5.36. The largest absolute Gasteiger partial charge is 0.396 e. The van der Waals surface area contributed by atoms with Crippen LogP contribution in [-0.2, 0) is 11.2 Å². The number of pyridine rings is 1. The Balaban J connectivity index is 1.60. The molecule has 2 heterocycles. The van der Waals surface area contributed by atoms with Gasteiger partial charge in [0, 0.05) is 24.2 Å². The van der Waals surface area contributed by atoms with E-state index in [1.165, 1.54) is 0 Å². The van der Waals surface area contributed by atoms with Gasteiger partial charge in [0.1, 0.15) is 5.82 Å². The molecule has 20 heavy (non-hydrogen) atoms. The first-order valence-corrected chi connectivity index (χ1v) is 7.37. The number of hydrogen-bond donors (Lipinski definition) is 3. The first-order chi connectivity index (χ1) is 9.75. The van der Waals surface area contributed by atoms with Gasteiger partial charge in [-0.2, -0.15) is 0 Å². The molecule has 1 amide bonds. The van der Waals surface area contributed by atoms with E-state index in [0.717, 1.165) is 17.8 Å². The van der Waals surface area contributed by atoms with Crippen molar-refractivity contribution in [2.24, 2.45) is 0 Å². The third-order valence-electron chi connectivity index (χ3n) is 2.72. The van der Waals surface area contributed by atoms with Crippen LogP contribution < -0.4 is 16.4 Å². The van der Waals surface area contributed by atoms with Gasteiger partial charge in [0.2, 0.25) is 5.91 Å². The zero-order valence-electron chi connectivity index (χ0n) is 11.1. The highest BCUT2D eigenvalue weighted by molar-refractivity contribution is 7.10. The predicted octanol–water partition coefficient (Wildman–Crippen LogP) is 1.89. The molecule has 6 heteroatoms. The van der Waals surface area contributed by atoms with E-state index in [4.69, 9.17) is 5.73 Å². The van der Waals surface area contributed by atoms with Crippen molar-refractivity contribution < 1.29 is 4.79 Å². The maximum atomic E-state index is 11.6. The van der Waals surface area contributed by atoms with Crippen LogP contribution in [0.5, 0.6) is 0 Å². The van der Waals surface area contributed by atoms with E-state index in [1.807, 2.05) is 17.5 Å². The highest BCUT2D eigenvalue weighted by atomic mass is 32.1. The predicted molar refractivity (Wildman–Crippen MR) is 82.8 cm³/mol. The fourth-order valence-corrected chi connectivity index (χ4v) is 2.43. The molecule has 0 atom stereocenters. The Bertz CT molecular complexity index is 542. The maximum absolute atomic E-state index is 11.6. The second kappa shape index (κ2) is 7.49. The molecular formula is C14H18N4OS. The van der Waals surface area contributed by atoms with Crippen LogP contribution in [0.1, 0.15) is 11.3 Å². The van der Waals surface area contributed by atoms with Crippen molar-refractivity contribution in [2.75, 3.05) is 24.1 Å². The molecule has 0 aliphatic rings. The molecule has 106 valence electrons. The van der Waals surface area contributed by atoms with Gasteiger partial charge in [-0.15, -0.1) is 11.3 Å². The summed E-state index contributed by atoms with van der Waals surface area (Å²) in [6.07, 6.45) is 2.98. The van der Waals surface area contributed by atoms with E-state index in [2.05, 4.69) is 15.6 Å². The average Bonchev–Trinajstić information content (AvgIpc) is 2.93. The van der Waals surface area contributed by atoms with Gasteiger partial charge < -0.3 is 16.4 Å². The van der Waals surface area contributed by atoms with Gasteiger partial charge in [0.05, 0.1) is 12.1 Å². The van der Waals surface area contributed by atoms with Crippen molar-refractivity contribution in [2.45, 2.75) is 12.8 Å². The Kier molecular flexibility index (Phi) is 5.37. The molecule has 0 unspecified atom stereocenters. The lowest BCUT2D eigenvalue weighted by atomic mass is 10.3. The van der Waals surface area contributed by atoms with Crippen LogP contribution in [0.4, 0.5) is 11.5 Å². The van der Waals surface area contributed by atoms with Gasteiger partial charge in [-0.3, -0.25) is 4.79 Å². The van der Waals surface area contributed by atoms with Crippen molar-refractivity contribution in [3.05, 3.63) is 40.7 Å². The minimum absolute atomic E-state index is 0.0600. The summed E-state index contributed by atoms with van der Waals surface area (Å²) in [4.78, 5) is 16.9. The summed E-state index contributed by atoms with van der Waals surface area (Å²) in [5.41, 5.74) is 6.40. The smallest absolute Gasteiger partial charge is 0.225 e. The van der Waals surface area contributed by atoms with Crippen LogP contribution in [0.2, 0.25) is 0 Å². The van der Waals surface area contributed by atoms with E-state index in [-0.39, 0.29) is 5.91 Å². The molecule has 2 aromatic rings. The zero-order chi connectivity index (χ0) is 14.2. The third-order valence-corrected chi connectivity index (χ3v) is 3.60. The van der Waals surface area contributed by atoms with Crippen molar-refractivity contribution in [1.29, 1.82) is 0 Å². The quantitative estimate of drug-likeness (QED) is 0.680. The highest BCUT2D eigenvalue weighted by Crippen LogP contribution is 2.12. The van der Waals surface area contributed by atoms with Crippen LogP contribution in [-0.4, -0.2) is 24.0 Å². The molecular weight excluding hydrogens is 272 g/mol. The number of carbonyl (C=O) groups is 1. The number of carbonyl (C=O) groups excluding carboxylic acids is 1. The monoisotopic (exact) mass is 290 g/mol. The summed E-state index contributed by atoms with van der Waals surface area (Å²) in [5, 5.41) is 8.02. The lowest BCUT2D eigenvalue weighted by Crippen LogP contribution is -2.27. The fourth-order valence-electron chi connectivity index (χ4n) is 1.72. The number of rotatable bonds is 7. The van der Waals surface area contributed by atoms with Gasteiger partial charge in [0.15, 0.2) is 0 Å². The molecule has 0 fully saturated rings. The lowest BCUT2D eigenvalue weighted by Gasteiger charge is -2.08. The van der Waals surface area contributed by atoms with Crippen molar-refractivity contribution >= 4 is 28.7 Å². The Hall–Kier alpha value is -2.08. The van der Waals surface area contributed by atoms with E-state index in [9.17, 15) is 4.79 Å². The number of nitrogens with one attached hydrogen (secondary N) is 2. The lowest BCUT2D eigenvalue weighted by molar-refractivity contribution is -0.120. The molecule has 0 aliphatic heterocycles. The first kappa shape index (κ1) is 14.3. The number of nitrogens with two attached hydrogens (primary N) is 1. The van der Waals surface area contributed by atoms with Gasteiger partial charge >= 0.3 is 0 Å². The third kappa shape index (κ3) is 4.55. The van der Waals surface area contributed by atoms with Crippen molar-refractivity contribution in [3.8, 4) is 0 Å². The summed E-state index contributed by atoms with van der Waals surface area (Å²) in [6, 6.07) is 7.52. The van der Waals surface area contributed by atoms with Gasteiger partial charge in [-0.25, -0.2) is 4.98 Å². The van der Waals surface area contributed by atoms with E-state index in [0.29, 0.717) is 24.5 Å². The molecule has 2 rings (SSSR count). The summed E-state index contributed by atoms with van der Waals surface area (Å²) in [7, 11) is 0. The van der Waals surface area contributed by atoms with E-state index >= 15 is 0 Å². The maximum Gasteiger partial charge on any atom is 0.225 e. The highest BCUT2D eigenvalue weighted by Gasteiger charge is 2.03. The van der Waals surface area contributed by atoms with Crippen molar-refractivity contribution in [3.63, 3.8) is 0 Å². The SMILES string of the molecule is Nc1cccnc1NCCCNC(=O)Cc1cccs1. The second-order valence-electron chi connectivity index (χ2n) is 4.33. The Morgan fingerprint density at radius 3 is 2.95 bits per heavy atom. The van der Waals surface area contributed by atoms with E-state index in [1.54, 1.807) is 29.7 Å². The average molecular weight is 290 g/mol. The van der Waals surface area contributed by atoms with Gasteiger partial charge in [0.25, 0.3) is 0 Å². The molecule has 4 N–H and O–H groups in total. The van der Waals surface area contributed by atoms with Crippen molar-refractivity contribution in [1.82, 2.24) is 10.3 Å². The zero-order valence-corrected chi connectivity index (χ0v) is 12.0. The molecule has 2 aromatic heterocycles. The summed E-state index contributed by atoms with van der Waals surface area (Å²) in [5.74, 6) is 0.752. The number of aromatic nitrogens is 1. The summed E-state index contributed by atoms with van der Waals surface area (Å²) in [6.45, 7) is 1.37. The van der Waals surface area contributed by atoms with Gasteiger partial charge in [-0.05, 0) is 30.0 Å². The summed E-state index contributed by atoms with van der Waals surface area (Å²) >= 11 is 1.60. The van der Waals surface area contributed by atoms with Crippen LogP contribution in [0.15, 0.2) is 35.8 Å². The number of anilines is 2. The molecule has 0 aromatic carbocycles. The first-order valence-electron chi connectivity index (χ1n) is 6.49. The number of amides is 1. The normalized spacial score (nSPS) is 10.2. The van der Waals surface area contributed by atoms with Crippen LogP contribution in [0, 0.1) is 0 Å². The Morgan fingerprint density at radius 1 is 1.30 bits per heavy atom. The van der Waals surface area contributed by atoms with Crippen LogP contribution in [0.3, 0.4) is 0 Å². The Labute approximate surface area is 122 Å². The number of thiophene rings is 1. The van der Waals surface area contributed by atoms with Crippen LogP contribution >= 0.6 is 11.3 Å². The summed E-state index contributed by atoms with van der Waals surface area (Å²) < 4.78 is 0. The molecule has 0 bridgehead atoms. The molecule has 0 saturated carbocycles. The minimum atomic E-state index is 0.0600. The number of nitrogen functional groups attached to an aromatic ring is 1. The van der Waals surface area contributed by atoms with E-state index < -0.39 is 0 Å². The fraction of sp³-hybridized carbons (Fsp3) is 0.286. The standard InChI is InChI=1S/C14H18N4OS/c15-12-5-1-6-17-14(12)18-8-3-7-16-13(19)10-11-4-2-9-20-11/h1-2,4-6,9H,3,7-8,10,15H2,(H,16,19)(H,17,18).